The van der Waals surface area contributed by atoms with Crippen LogP contribution in [0.3, 0.4) is 0 Å². The van der Waals surface area contributed by atoms with Crippen molar-refractivity contribution in [1.29, 1.82) is 0 Å². The fourth-order valence-corrected chi connectivity index (χ4v) is 7.89. The maximum atomic E-state index is 11.0. The van der Waals surface area contributed by atoms with Gasteiger partial charge in [0.15, 0.2) is 0 Å². The zero-order chi connectivity index (χ0) is 34.5. The Morgan fingerprint density at radius 3 is 1.31 bits per heavy atom. The lowest BCUT2D eigenvalue weighted by Crippen LogP contribution is -2.28. The van der Waals surface area contributed by atoms with Gasteiger partial charge in [0.25, 0.3) is 0 Å². The van der Waals surface area contributed by atoms with Crippen LogP contribution in [0.5, 0.6) is 17.2 Å². The summed E-state index contributed by atoms with van der Waals surface area (Å²) in [6, 6.07) is 59.6. The maximum absolute atomic E-state index is 11.0. The summed E-state index contributed by atoms with van der Waals surface area (Å²) in [7, 11) is 1.63. The van der Waals surface area contributed by atoms with Gasteiger partial charge in [-0.3, -0.25) is 0 Å². The molecule has 8 aromatic carbocycles. The van der Waals surface area contributed by atoms with Gasteiger partial charge in [-0.1, -0.05) is 115 Å². The van der Waals surface area contributed by atoms with E-state index < -0.39 is 11.5 Å². The summed E-state index contributed by atoms with van der Waals surface area (Å²) < 4.78 is 11.6. The quantitative estimate of drug-likeness (QED) is 0.185. The van der Waals surface area contributed by atoms with Crippen molar-refractivity contribution in [1.82, 2.24) is 0 Å². The predicted molar refractivity (Wildman–Crippen MR) is 207 cm³/mol. The Bertz CT molecular complexity index is 2450. The monoisotopic (exact) mass is 660 g/mol. The van der Waals surface area contributed by atoms with Crippen LogP contribution >= 0.6 is 0 Å². The van der Waals surface area contributed by atoms with Crippen LogP contribution in [0, 0.1) is 6.92 Å². The molecule has 246 valence electrons. The number of ether oxygens (including phenoxy) is 2. The third-order valence-corrected chi connectivity index (χ3v) is 10.5. The number of hydrogen-bond acceptors (Lipinski definition) is 3. The molecule has 0 spiro atoms. The molecule has 0 bridgehead atoms. The molecule has 0 saturated heterocycles. The Hall–Kier alpha value is -6.16. The number of aliphatic hydroxyl groups is 1. The zero-order valence-electron chi connectivity index (χ0n) is 28.5. The average molecular weight is 661 g/mol. The number of fused-ring (bicyclic) bond motifs is 5. The Labute approximate surface area is 298 Å². The normalized spacial score (nSPS) is 13.5. The SMILES string of the molecule is COc1ccc(C(O)c2ccc(Oc3ccc(C4(c5ccc(C)cc5)c5cc6ccccc6cc5-c5cc6ccccc6cc54)cc3)cc2)cc1. The van der Waals surface area contributed by atoms with Crippen LogP contribution in [0.1, 0.15) is 45.0 Å². The molecule has 1 aliphatic rings. The van der Waals surface area contributed by atoms with Gasteiger partial charge in [0.1, 0.15) is 23.4 Å². The third-order valence-electron chi connectivity index (χ3n) is 10.5. The topological polar surface area (TPSA) is 38.7 Å². The van der Waals surface area contributed by atoms with Crippen LogP contribution in [0.4, 0.5) is 0 Å². The van der Waals surface area contributed by atoms with Gasteiger partial charge in [-0.15, -0.1) is 0 Å². The Kier molecular flexibility index (Phi) is 7.45. The first-order valence-electron chi connectivity index (χ1n) is 17.4. The van der Waals surface area contributed by atoms with Crippen molar-refractivity contribution in [2.45, 2.75) is 18.4 Å². The molecule has 1 atom stereocenters. The Morgan fingerprint density at radius 2 is 0.863 bits per heavy atom. The van der Waals surface area contributed by atoms with Crippen molar-refractivity contribution < 1.29 is 14.6 Å². The average Bonchev–Trinajstić information content (AvgIpc) is 3.45. The molecule has 51 heavy (non-hydrogen) atoms. The fourth-order valence-electron chi connectivity index (χ4n) is 7.89. The first-order valence-corrected chi connectivity index (χ1v) is 17.4. The largest absolute Gasteiger partial charge is 0.497 e. The van der Waals surface area contributed by atoms with Crippen molar-refractivity contribution in [2.75, 3.05) is 7.11 Å². The van der Waals surface area contributed by atoms with Crippen LogP contribution in [-0.4, -0.2) is 12.2 Å². The van der Waals surface area contributed by atoms with Crippen molar-refractivity contribution in [2.24, 2.45) is 0 Å². The molecule has 0 aliphatic heterocycles. The van der Waals surface area contributed by atoms with Crippen molar-refractivity contribution in [3.63, 3.8) is 0 Å². The number of benzene rings is 8. The summed E-state index contributed by atoms with van der Waals surface area (Å²) in [6.45, 7) is 2.15. The van der Waals surface area contributed by atoms with Gasteiger partial charge in [-0.25, -0.2) is 0 Å². The highest BCUT2D eigenvalue weighted by Gasteiger charge is 2.46. The summed E-state index contributed by atoms with van der Waals surface area (Å²) in [6.07, 6.45) is -0.742. The molecule has 0 radical (unpaired) electrons. The van der Waals surface area contributed by atoms with E-state index in [2.05, 4.69) is 128 Å². The molecule has 1 unspecified atom stereocenters. The second-order valence-electron chi connectivity index (χ2n) is 13.5. The van der Waals surface area contributed by atoms with Crippen LogP contribution < -0.4 is 9.47 Å². The highest BCUT2D eigenvalue weighted by Crippen LogP contribution is 2.57. The highest BCUT2D eigenvalue weighted by atomic mass is 16.5. The lowest BCUT2D eigenvalue weighted by atomic mass is 9.67. The van der Waals surface area contributed by atoms with E-state index in [1.54, 1.807) is 7.11 Å². The van der Waals surface area contributed by atoms with E-state index in [-0.39, 0.29) is 0 Å². The molecule has 1 N–H and O–H groups in total. The Morgan fingerprint density at radius 1 is 0.471 bits per heavy atom. The van der Waals surface area contributed by atoms with Crippen LogP contribution in [0.15, 0.2) is 170 Å². The minimum Gasteiger partial charge on any atom is -0.497 e. The van der Waals surface area contributed by atoms with Crippen LogP contribution in [0.2, 0.25) is 0 Å². The second-order valence-corrected chi connectivity index (χ2v) is 13.5. The molecule has 3 nitrogen and oxygen atoms in total. The minimum absolute atomic E-state index is 0.537. The molecule has 0 amide bonds. The van der Waals surface area contributed by atoms with Gasteiger partial charge < -0.3 is 14.6 Å². The van der Waals surface area contributed by atoms with E-state index in [4.69, 9.17) is 9.47 Å². The van der Waals surface area contributed by atoms with Gasteiger partial charge in [-0.05, 0) is 134 Å². The van der Waals surface area contributed by atoms with Gasteiger partial charge in [0.05, 0.1) is 12.5 Å². The summed E-state index contributed by atoms with van der Waals surface area (Å²) in [5.41, 5.74) is 9.82. The van der Waals surface area contributed by atoms with Gasteiger partial charge in [0, 0.05) is 0 Å². The van der Waals surface area contributed by atoms with Gasteiger partial charge >= 0.3 is 0 Å². The molecule has 3 heteroatoms. The Balaban J connectivity index is 1.14. The number of aliphatic hydroxyl groups excluding tert-OH is 1. The summed E-state index contributed by atoms with van der Waals surface area (Å²) in [4.78, 5) is 0. The van der Waals surface area contributed by atoms with E-state index >= 15 is 0 Å². The summed E-state index contributed by atoms with van der Waals surface area (Å²) >= 11 is 0. The molecule has 0 fully saturated rings. The maximum Gasteiger partial charge on any atom is 0.127 e. The van der Waals surface area contributed by atoms with Crippen molar-refractivity contribution in [3.8, 4) is 28.4 Å². The smallest absolute Gasteiger partial charge is 0.127 e. The van der Waals surface area contributed by atoms with Crippen LogP contribution in [-0.2, 0) is 5.41 Å². The summed E-state index contributed by atoms with van der Waals surface area (Å²) in [5, 5.41) is 15.9. The molecule has 0 heterocycles. The van der Waals surface area contributed by atoms with Crippen LogP contribution in [0.25, 0.3) is 32.7 Å². The fraction of sp³-hybridized carbons (Fsp3) is 0.0833. The lowest BCUT2D eigenvalue weighted by molar-refractivity contribution is 0.220. The standard InChI is InChI=1S/C48H36O3/c1-31-11-17-38(18-12-31)48(45-29-36-9-5-3-7-34(36)27-43(45)44-28-35-8-4-6-10-37(35)30-46(44)48)39-19-25-42(26-20-39)51-41-23-15-33(16-24-41)47(49)32-13-21-40(50-2)22-14-32/h3-30,47,49H,1-2H3. The van der Waals surface area contributed by atoms with E-state index in [1.165, 1.54) is 60.5 Å². The molecule has 0 saturated carbocycles. The first-order chi connectivity index (χ1) is 25.0. The first kappa shape index (κ1) is 30.9. The van der Waals surface area contributed by atoms with E-state index in [9.17, 15) is 5.11 Å². The highest BCUT2D eigenvalue weighted by molar-refractivity contribution is 6.00. The van der Waals surface area contributed by atoms with Gasteiger partial charge in [0.2, 0.25) is 0 Å². The number of methoxy groups -OCH3 is 1. The minimum atomic E-state index is -0.742. The molecule has 1 aliphatic carbocycles. The van der Waals surface area contributed by atoms with E-state index in [0.717, 1.165) is 22.6 Å². The summed E-state index contributed by atoms with van der Waals surface area (Å²) in [5.74, 6) is 2.21. The third kappa shape index (κ3) is 5.17. The molecular weight excluding hydrogens is 625 g/mol. The van der Waals surface area contributed by atoms with E-state index in [0.29, 0.717) is 5.75 Å². The molecule has 9 rings (SSSR count). The van der Waals surface area contributed by atoms with Gasteiger partial charge in [-0.2, -0.15) is 0 Å². The lowest BCUT2D eigenvalue weighted by Gasteiger charge is -2.34. The predicted octanol–water partition coefficient (Wildman–Crippen LogP) is 11.5. The number of rotatable bonds is 7. The van der Waals surface area contributed by atoms with Crippen molar-refractivity contribution >= 4 is 21.5 Å². The second kappa shape index (κ2) is 12.3. The van der Waals surface area contributed by atoms with E-state index in [1.807, 2.05) is 48.5 Å². The number of aryl methyl sites for hydroxylation is 1. The number of hydrogen-bond donors (Lipinski definition) is 1. The molecule has 0 aromatic heterocycles. The van der Waals surface area contributed by atoms with Crippen molar-refractivity contribution in [3.05, 3.63) is 209 Å². The zero-order valence-corrected chi connectivity index (χ0v) is 28.5. The molecule has 8 aromatic rings. The molecular formula is C48H36O3.